The van der Waals surface area contributed by atoms with Crippen LogP contribution in [0, 0.1) is 5.82 Å². The number of ether oxygens (including phenoxy) is 2. The average molecular weight is 275 g/mol. The van der Waals surface area contributed by atoms with Crippen molar-refractivity contribution in [2.45, 2.75) is 19.1 Å². The van der Waals surface area contributed by atoms with Crippen LogP contribution in [0.3, 0.4) is 0 Å². The van der Waals surface area contributed by atoms with E-state index in [9.17, 15) is 4.39 Å². The zero-order valence-corrected chi connectivity index (χ0v) is 11.5. The lowest BCUT2D eigenvalue weighted by Gasteiger charge is -2.23. The molecule has 0 radical (unpaired) electrons. The van der Waals surface area contributed by atoms with Crippen LogP contribution in [0.1, 0.15) is 18.6 Å². The number of benzene rings is 2. The summed E-state index contributed by atoms with van der Waals surface area (Å²) in [6, 6.07) is 13.2. The molecule has 0 aliphatic carbocycles. The molecule has 4 heteroatoms. The minimum Gasteiger partial charge on any atom is -0.497 e. The third-order valence-electron chi connectivity index (χ3n) is 2.98. The molecule has 0 bridgehead atoms. The highest BCUT2D eigenvalue weighted by Gasteiger charge is 2.18. The van der Waals surface area contributed by atoms with Crippen molar-refractivity contribution in [1.29, 1.82) is 0 Å². The quantitative estimate of drug-likeness (QED) is 0.910. The molecule has 0 aliphatic heterocycles. The summed E-state index contributed by atoms with van der Waals surface area (Å²) < 4.78 is 24.3. The second-order valence-corrected chi connectivity index (χ2v) is 4.63. The summed E-state index contributed by atoms with van der Waals surface area (Å²) in [5, 5.41) is 0. The van der Waals surface area contributed by atoms with E-state index >= 15 is 0 Å². The smallest absolute Gasteiger partial charge is 0.139 e. The maximum Gasteiger partial charge on any atom is 0.139 e. The average Bonchev–Trinajstić information content (AvgIpc) is 2.45. The molecule has 2 N–H and O–H groups in total. The molecule has 0 fully saturated rings. The lowest BCUT2D eigenvalue weighted by Crippen LogP contribution is -2.29. The van der Waals surface area contributed by atoms with E-state index in [1.165, 1.54) is 12.1 Å². The molecule has 0 aromatic heterocycles. The molecular formula is C16H18FNO2. The Morgan fingerprint density at radius 2 is 1.70 bits per heavy atom. The third-order valence-corrected chi connectivity index (χ3v) is 2.98. The summed E-state index contributed by atoms with van der Waals surface area (Å²) in [6.45, 7) is 1.83. The first-order chi connectivity index (χ1) is 9.60. The van der Waals surface area contributed by atoms with Gasteiger partial charge in [-0.15, -0.1) is 0 Å². The Morgan fingerprint density at radius 1 is 1.05 bits per heavy atom. The maximum absolute atomic E-state index is 13.3. The fourth-order valence-electron chi connectivity index (χ4n) is 1.96. The molecule has 0 heterocycles. The number of rotatable bonds is 5. The van der Waals surface area contributed by atoms with Gasteiger partial charge in [-0.1, -0.05) is 12.1 Å². The summed E-state index contributed by atoms with van der Waals surface area (Å²) in [6.07, 6.45) is -0.404. The largest absolute Gasteiger partial charge is 0.497 e. The molecule has 0 saturated carbocycles. The SMILES string of the molecule is COc1ccc(OC(c2cccc(F)c2)C(C)N)cc1. The van der Waals surface area contributed by atoms with E-state index in [2.05, 4.69) is 0 Å². The topological polar surface area (TPSA) is 44.5 Å². The van der Waals surface area contributed by atoms with Crippen LogP contribution in [-0.4, -0.2) is 13.2 Å². The van der Waals surface area contributed by atoms with Gasteiger partial charge in [0.15, 0.2) is 0 Å². The van der Waals surface area contributed by atoms with Crippen LogP contribution in [0.4, 0.5) is 4.39 Å². The fourth-order valence-corrected chi connectivity index (χ4v) is 1.96. The predicted octanol–water partition coefficient (Wildman–Crippen LogP) is 3.30. The van der Waals surface area contributed by atoms with Crippen LogP contribution >= 0.6 is 0 Å². The first kappa shape index (κ1) is 14.3. The molecule has 2 aromatic rings. The molecule has 106 valence electrons. The van der Waals surface area contributed by atoms with Crippen molar-refractivity contribution in [3.05, 3.63) is 59.9 Å². The lowest BCUT2D eigenvalue weighted by atomic mass is 10.0. The Bertz CT molecular complexity index is 555. The summed E-state index contributed by atoms with van der Waals surface area (Å²) in [5.41, 5.74) is 6.67. The highest BCUT2D eigenvalue weighted by atomic mass is 19.1. The molecule has 2 rings (SSSR count). The van der Waals surface area contributed by atoms with Crippen LogP contribution < -0.4 is 15.2 Å². The molecule has 20 heavy (non-hydrogen) atoms. The Labute approximate surface area is 118 Å². The van der Waals surface area contributed by atoms with Gasteiger partial charge >= 0.3 is 0 Å². The van der Waals surface area contributed by atoms with Gasteiger partial charge in [0.2, 0.25) is 0 Å². The van der Waals surface area contributed by atoms with Gasteiger partial charge in [0, 0.05) is 6.04 Å². The molecule has 2 aromatic carbocycles. The minimum atomic E-state index is -0.404. The van der Waals surface area contributed by atoms with Crippen LogP contribution in [0.5, 0.6) is 11.5 Å². The van der Waals surface area contributed by atoms with Gasteiger partial charge < -0.3 is 15.2 Å². The van der Waals surface area contributed by atoms with Crippen molar-refractivity contribution in [2.75, 3.05) is 7.11 Å². The Morgan fingerprint density at radius 3 is 2.25 bits per heavy atom. The Hall–Kier alpha value is -2.07. The maximum atomic E-state index is 13.3. The number of hydrogen-bond donors (Lipinski definition) is 1. The Balaban J connectivity index is 2.21. The second kappa shape index (κ2) is 6.39. The van der Waals surface area contributed by atoms with Gasteiger partial charge in [0.25, 0.3) is 0 Å². The van der Waals surface area contributed by atoms with Gasteiger partial charge in [-0.2, -0.15) is 0 Å². The van der Waals surface area contributed by atoms with E-state index in [0.29, 0.717) is 5.75 Å². The van der Waals surface area contributed by atoms with Gasteiger partial charge in [-0.25, -0.2) is 4.39 Å². The first-order valence-electron chi connectivity index (χ1n) is 6.42. The van der Waals surface area contributed by atoms with Crippen LogP contribution in [0.2, 0.25) is 0 Å². The van der Waals surface area contributed by atoms with E-state index in [1.807, 2.05) is 6.92 Å². The normalized spacial score (nSPS) is 13.6. The second-order valence-electron chi connectivity index (χ2n) is 4.63. The Kier molecular flexibility index (Phi) is 4.58. The summed E-state index contributed by atoms with van der Waals surface area (Å²) in [5.74, 6) is 1.12. The van der Waals surface area contributed by atoms with E-state index in [-0.39, 0.29) is 11.9 Å². The molecule has 0 spiro atoms. The molecule has 0 saturated heterocycles. The number of methoxy groups -OCH3 is 1. The number of hydrogen-bond acceptors (Lipinski definition) is 3. The zero-order chi connectivity index (χ0) is 14.5. The molecule has 3 nitrogen and oxygen atoms in total. The standard InChI is InChI=1S/C16H18FNO2/c1-11(18)16(12-4-3-5-13(17)10-12)20-15-8-6-14(19-2)7-9-15/h3-11,16H,18H2,1-2H3. The fraction of sp³-hybridized carbons (Fsp3) is 0.250. The van der Waals surface area contributed by atoms with Crippen molar-refractivity contribution in [3.8, 4) is 11.5 Å². The highest BCUT2D eigenvalue weighted by molar-refractivity contribution is 5.32. The summed E-state index contributed by atoms with van der Waals surface area (Å²) in [4.78, 5) is 0. The van der Waals surface area contributed by atoms with Gasteiger partial charge in [-0.3, -0.25) is 0 Å². The minimum absolute atomic E-state index is 0.265. The third kappa shape index (κ3) is 3.48. The number of halogens is 1. The van der Waals surface area contributed by atoms with Gasteiger partial charge in [0.05, 0.1) is 7.11 Å². The van der Waals surface area contributed by atoms with Crippen molar-refractivity contribution in [3.63, 3.8) is 0 Å². The molecular weight excluding hydrogens is 257 g/mol. The summed E-state index contributed by atoms with van der Waals surface area (Å²) in [7, 11) is 1.60. The molecule has 0 aliphatic rings. The van der Waals surface area contributed by atoms with E-state index in [1.54, 1.807) is 43.5 Å². The van der Waals surface area contributed by atoms with Crippen LogP contribution in [0.15, 0.2) is 48.5 Å². The van der Waals surface area contributed by atoms with Crippen molar-refractivity contribution < 1.29 is 13.9 Å². The van der Waals surface area contributed by atoms with E-state index < -0.39 is 6.10 Å². The number of nitrogens with two attached hydrogens (primary N) is 1. The van der Waals surface area contributed by atoms with E-state index in [0.717, 1.165) is 11.3 Å². The monoisotopic (exact) mass is 275 g/mol. The summed E-state index contributed by atoms with van der Waals surface area (Å²) >= 11 is 0. The highest BCUT2D eigenvalue weighted by Crippen LogP contribution is 2.26. The van der Waals surface area contributed by atoms with Crippen molar-refractivity contribution in [2.24, 2.45) is 5.73 Å². The molecule has 2 atom stereocenters. The van der Waals surface area contributed by atoms with Crippen LogP contribution in [0.25, 0.3) is 0 Å². The first-order valence-corrected chi connectivity index (χ1v) is 6.42. The van der Waals surface area contributed by atoms with Crippen LogP contribution in [-0.2, 0) is 0 Å². The predicted molar refractivity (Wildman–Crippen MR) is 76.4 cm³/mol. The van der Waals surface area contributed by atoms with Gasteiger partial charge in [0.1, 0.15) is 23.4 Å². The molecule has 0 amide bonds. The van der Waals surface area contributed by atoms with E-state index in [4.69, 9.17) is 15.2 Å². The van der Waals surface area contributed by atoms with Crippen molar-refractivity contribution in [1.82, 2.24) is 0 Å². The lowest BCUT2D eigenvalue weighted by molar-refractivity contribution is 0.180. The zero-order valence-electron chi connectivity index (χ0n) is 11.5. The van der Waals surface area contributed by atoms with Crippen molar-refractivity contribution >= 4 is 0 Å². The van der Waals surface area contributed by atoms with Gasteiger partial charge in [-0.05, 0) is 48.9 Å². The molecule has 2 unspecified atom stereocenters.